The van der Waals surface area contributed by atoms with Gasteiger partial charge in [-0.05, 0) is 49.1 Å². The van der Waals surface area contributed by atoms with E-state index < -0.39 is 0 Å². The summed E-state index contributed by atoms with van der Waals surface area (Å²) in [7, 11) is 0. The zero-order valence-electron chi connectivity index (χ0n) is 14.4. The summed E-state index contributed by atoms with van der Waals surface area (Å²) in [6.07, 6.45) is 7.48. The average molecular weight is 358 g/mol. The normalized spacial score (nSPS) is 14.8. The Bertz CT molecular complexity index is 677. The van der Waals surface area contributed by atoms with Crippen molar-refractivity contribution in [3.8, 4) is 0 Å². The predicted molar refractivity (Wildman–Crippen MR) is 102 cm³/mol. The zero-order valence-corrected chi connectivity index (χ0v) is 15.1. The highest BCUT2D eigenvalue weighted by Crippen LogP contribution is 2.17. The van der Waals surface area contributed by atoms with Gasteiger partial charge in [-0.3, -0.25) is 4.79 Å². The second-order valence-electron chi connectivity index (χ2n) is 6.44. The molecular weight excluding hydrogens is 334 g/mol. The summed E-state index contributed by atoms with van der Waals surface area (Å²) in [5.74, 6) is 0.892. The first-order chi connectivity index (χ1) is 12.2. The maximum atomic E-state index is 12.2. The molecule has 0 unspecified atom stereocenters. The highest BCUT2D eigenvalue weighted by Gasteiger charge is 2.12. The number of hydrogen-bond donors (Lipinski definition) is 1. The first-order valence-corrected chi connectivity index (χ1v) is 9.34. The molecule has 0 radical (unpaired) electrons. The van der Waals surface area contributed by atoms with E-state index in [0.717, 1.165) is 35.9 Å². The molecule has 0 atom stereocenters. The van der Waals surface area contributed by atoms with Crippen LogP contribution in [0.4, 0.5) is 5.82 Å². The molecule has 0 aliphatic carbocycles. The number of nitrogens with one attached hydrogen (secondary N) is 1. The zero-order chi connectivity index (χ0) is 17.5. The van der Waals surface area contributed by atoms with Crippen LogP contribution < -0.4 is 10.2 Å². The summed E-state index contributed by atoms with van der Waals surface area (Å²) in [6, 6.07) is 11.5. The number of benzene rings is 1. The second kappa shape index (κ2) is 8.86. The lowest BCUT2D eigenvalue weighted by Gasteiger charge is -2.21. The van der Waals surface area contributed by atoms with E-state index in [1.807, 2.05) is 36.4 Å². The number of anilines is 1. The van der Waals surface area contributed by atoms with Crippen LogP contribution in [0.2, 0.25) is 5.02 Å². The standard InChI is InChI=1S/C20H24ClN3O/c21-18-8-5-16(6-9-18)11-12-22-20(25)17-7-10-19(23-15-17)24-13-3-1-2-4-14-24/h5-10,15H,1-4,11-14H2,(H,22,25). The number of pyridine rings is 1. The van der Waals surface area contributed by atoms with E-state index >= 15 is 0 Å². The van der Waals surface area contributed by atoms with Gasteiger partial charge in [0.15, 0.2) is 0 Å². The molecule has 1 N–H and O–H groups in total. The van der Waals surface area contributed by atoms with Gasteiger partial charge in [0.2, 0.25) is 0 Å². The van der Waals surface area contributed by atoms with Gasteiger partial charge >= 0.3 is 0 Å². The van der Waals surface area contributed by atoms with Crippen molar-refractivity contribution in [2.75, 3.05) is 24.5 Å². The fraction of sp³-hybridized carbons (Fsp3) is 0.400. The number of rotatable bonds is 5. The van der Waals surface area contributed by atoms with E-state index in [-0.39, 0.29) is 5.91 Å². The fourth-order valence-electron chi connectivity index (χ4n) is 3.08. The van der Waals surface area contributed by atoms with E-state index in [0.29, 0.717) is 12.1 Å². The Morgan fingerprint density at radius 3 is 2.40 bits per heavy atom. The number of hydrogen-bond acceptors (Lipinski definition) is 3. The number of halogens is 1. The van der Waals surface area contributed by atoms with Gasteiger partial charge in [0.25, 0.3) is 5.91 Å². The molecule has 2 aromatic rings. The highest BCUT2D eigenvalue weighted by atomic mass is 35.5. The van der Waals surface area contributed by atoms with Crippen molar-refractivity contribution in [3.05, 3.63) is 58.7 Å². The van der Waals surface area contributed by atoms with Crippen LogP contribution >= 0.6 is 11.6 Å². The number of amides is 1. The van der Waals surface area contributed by atoms with Gasteiger partial charge in [-0.15, -0.1) is 0 Å². The molecule has 0 bridgehead atoms. The largest absolute Gasteiger partial charge is 0.357 e. The lowest BCUT2D eigenvalue weighted by Crippen LogP contribution is -2.27. The first kappa shape index (κ1) is 17.7. The van der Waals surface area contributed by atoms with E-state index in [1.165, 1.54) is 25.7 Å². The molecule has 3 rings (SSSR count). The topological polar surface area (TPSA) is 45.2 Å². The van der Waals surface area contributed by atoms with Crippen molar-refractivity contribution < 1.29 is 4.79 Å². The van der Waals surface area contributed by atoms with Crippen LogP contribution in [0.1, 0.15) is 41.6 Å². The molecule has 4 nitrogen and oxygen atoms in total. The van der Waals surface area contributed by atoms with Gasteiger partial charge < -0.3 is 10.2 Å². The number of carbonyl (C=O) groups excluding carboxylic acids is 1. The molecule has 1 aliphatic heterocycles. The van der Waals surface area contributed by atoms with Crippen LogP contribution in [-0.4, -0.2) is 30.5 Å². The summed E-state index contributed by atoms with van der Waals surface area (Å²) >= 11 is 5.87. The monoisotopic (exact) mass is 357 g/mol. The van der Waals surface area contributed by atoms with Crippen molar-refractivity contribution >= 4 is 23.3 Å². The van der Waals surface area contributed by atoms with Crippen molar-refractivity contribution in [3.63, 3.8) is 0 Å². The van der Waals surface area contributed by atoms with Crippen LogP contribution in [-0.2, 0) is 6.42 Å². The summed E-state index contributed by atoms with van der Waals surface area (Å²) in [6.45, 7) is 2.70. The van der Waals surface area contributed by atoms with Crippen LogP contribution in [0.15, 0.2) is 42.6 Å². The Kier molecular flexibility index (Phi) is 6.29. The van der Waals surface area contributed by atoms with Gasteiger partial charge in [0, 0.05) is 30.9 Å². The van der Waals surface area contributed by atoms with Crippen molar-refractivity contribution in [2.45, 2.75) is 32.1 Å². The SMILES string of the molecule is O=C(NCCc1ccc(Cl)cc1)c1ccc(N2CCCCCC2)nc1. The average Bonchev–Trinajstić information content (AvgIpc) is 2.93. The molecule has 5 heteroatoms. The minimum Gasteiger partial charge on any atom is -0.357 e. The quantitative estimate of drug-likeness (QED) is 0.876. The molecule has 1 aromatic heterocycles. The first-order valence-electron chi connectivity index (χ1n) is 8.96. The molecule has 1 fully saturated rings. The molecule has 1 saturated heterocycles. The van der Waals surface area contributed by atoms with Gasteiger partial charge in [-0.25, -0.2) is 4.98 Å². The Hall–Kier alpha value is -2.07. The lowest BCUT2D eigenvalue weighted by atomic mass is 10.1. The third-order valence-electron chi connectivity index (χ3n) is 4.55. The Morgan fingerprint density at radius 2 is 1.76 bits per heavy atom. The fourth-order valence-corrected chi connectivity index (χ4v) is 3.21. The summed E-state index contributed by atoms with van der Waals surface area (Å²) in [5, 5.41) is 3.67. The third-order valence-corrected chi connectivity index (χ3v) is 4.80. The lowest BCUT2D eigenvalue weighted by molar-refractivity contribution is 0.0954. The Balaban J connectivity index is 1.50. The predicted octanol–water partition coefficient (Wildman–Crippen LogP) is 4.09. The van der Waals surface area contributed by atoms with E-state index in [1.54, 1.807) is 6.20 Å². The molecule has 0 spiro atoms. The minimum absolute atomic E-state index is 0.0797. The van der Waals surface area contributed by atoms with Crippen LogP contribution in [0, 0.1) is 0 Å². The van der Waals surface area contributed by atoms with Gasteiger partial charge in [-0.2, -0.15) is 0 Å². The number of aromatic nitrogens is 1. The molecule has 2 heterocycles. The molecule has 0 saturated carbocycles. The summed E-state index contributed by atoms with van der Waals surface area (Å²) in [5.41, 5.74) is 1.76. The van der Waals surface area contributed by atoms with E-state index in [2.05, 4.69) is 15.2 Å². The van der Waals surface area contributed by atoms with Crippen molar-refractivity contribution in [1.82, 2.24) is 10.3 Å². The Morgan fingerprint density at radius 1 is 1.04 bits per heavy atom. The van der Waals surface area contributed by atoms with Gasteiger partial charge in [0.1, 0.15) is 5.82 Å². The molecule has 1 aliphatic rings. The van der Waals surface area contributed by atoms with Crippen LogP contribution in [0.3, 0.4) is 0 Å². The summed E-state index contributed by atoms with van der Waals surface area (Å²) in [4.78, 5) is 19.1. The second-order valence-corrected chi connectivity index (χ2v) is 6.88. The maximum Gasteiger partial charge on any atom is 0.252 e. The molecule has 25 heavy (non-hydrogen) atoms. The van der Waals surface area contributed by atoms with E-state index in [4.69, 9.17) is 11.6 Å². The molecule has 132 valence electrons. The van der Waals surface area contributed by atoms with E-state index in [9.17, 15) is 4.79 Å². The van der Waals surface area contributed by atoms with Crippen LogP contribution in [0.5, 0.6) is 0 Å². The van der Waals surface area contributed by atoms with Gasteiger partial charge in [-0.1, -0.05) is 36.6 Å². The van der Waals surface area contributed by atoms with Crippen LogP contribution in [0.25, 0.3) is 0 Å². The summed E-state index contributed by atoms with van der Waals surface area (Å²) < 4.78 is 0. The molecule has 1 aromatic carbocycles. The maximum absolute atomic E-state index is 12.2. The molecule has 1 amide bonds. The minimum atomic E-state index is -0.0797. The van der Waals surface area contributed by atoms with Crippen molar-refractivity contribution in [1.29, 1.82) is 0 Å². The highest BCUT2D eigenvalue weighted by molar-refractivity contribution is 6.30. The molecular formula is C20H24ClN3O. The number of carbonyl (C=O) groups is 1. The smallest absolute Gasteiger partial charge is 0.252 e. The Labute approximate surface area is 154 Å². The van der Waals surface area contributed by atoms with Crippen molar-refractivity contribution in [2.24, 2.45) is 0 Å². The number of nitrogens with zero attached hydrogens (tertiary/aromatic N) is 2. The third kappa shape index (κ3) is 5.20. The van der Waals surface area contributed by atoms with Gasteiger partial charge in [0.05, 0.1) is 5.56 Å².